The summed E-state index contributed by atoms with van der Waals surface area (Å²) in [4.78, 5) is 0. The summed E-state index contributed by atoms with van der Waals surface area (Å²) in [6.45, 7) is 0.251. The van der Waals surface area contributed by atoms with E-state index in [1.165, 1.54) is 6.07 Å². The van der Waals surface area contributed by atoms with Crippen molar-refractivity contribution in [1.29, 1.82) is 0 Å². The second-order valence-corrected chi connectivity index (χ2v) is 8.77. The van der Waals surface area contributed by atoms with E-state index in [-0.39, 0.29) is 18.2 Å². The van der Waals surface area contributed by atoms with E-state index < -0.39 is 0 Å². The molecule has 0 atom stereocenters. The van der Waals surface area contributed by atoms with Gasteiger partial charge >= 0.3 is 0 Å². The van der Waals surface area contributed by atoms with Crippen molar-refractivity contribution < 1.29 is 14.2 Å². The van der Waals surface area contributed by atoms with Gasteiger partial charge in [-0.25, -0.2) is 4.39 Å². The van der Waals surface area contributed by atoms with Gasteiger partial charge in [0.1, 0.15) is 23.9 Å². The first-order valence-electron chi connectivity index (χ1n) is 11.9. The molecule has 0 amide bonds. The van der Waals surface area contributed by atoms with Gasteiger partial charge in [-0.3, -0.25) is 0 Å². The van der Waals surface area contributed by atoms with Gasteiger partial charge in [-0.2, -0.15) is 0 Å². The van der Waals surface area contributed by atoms with Crippen LogP contribution >= 0.6 is 0 Å². The first kappa shape index (κ1) is 21.9. The minimum Gasteiger partial charge on any atom is -0.507 e. The van der Waals surface area contributed by atoms with Crippen LogP contribution in [0.15, 0.2) is 121 Å². The smallest absolute Gasteiger partial charge is 0.131 e. The maximum absolute atomic E-state index is 14.6. The second kappa shape index (κ2) is 9.20. The standard InChI is InChI=1S/C33H23FO2/c34-29-16-8-7-15-28(29)25-12-4-3-11-24(25)21-36-31-20-18-23-10-2-6-14-27(23)33(31)32-26-13-5-1-9-22(26)17-19-30(32)35/h1-20,35H,21H2. The van der Waals surface area contributed by atoms with Gasteiger partial charge in [0.15, 0.2) is 0 Å². The first-order chi connectivity index (χ1) is 17.7. The van der Waals surface area contributed by atoms with Gasteiger partial charge in [-0.15, -0.1) is 0 Å². The fourth-order valence-electron chi connectivity index (χ4n) is 4.90. The van der Waals surface area contributed by atoms with E-state index in [0.29, 0.717) is 11.3 Å². The minimum atomic E-state index is -0.267. The van der Waals surface area contributed by atoms with Crippen LogP contribution in [-0.4, -0.2) is 5.11 Å². The minimum absolute atomic E-state index is 0.196. The molecule has 6 aromatic rings. The summed E-state index contributed by atoms with van der Waals surface area (Å²) in [5.41, 5.74) is 3.80. The highest BCUT2D eigenvalue weighted by Gasteiger charge is 2.18. The third kappa shape index (κ3) is 3.85. The van der Waals surface area contributed by atoms with Crippen LogP contribution in [0.2, 0.25) is 0 Å². The monoisotopic (exact) mass is 470 g/mol. The summed E-state index contributed by atoms with van der Waals surface area (Å²) < 4.78 is 21.1. The highest BCUT2D eigenvalue weighted by atomic mass is 19.1. The van der Waals surface area contributed by atoms with Crippen molar-refractivity contribution in [2.75, 3.05) is 0 Å². The normalized spacial score (nSPS) is 11.1. The van der Waals surface area contributed by atoms with Crippen LogP contribution in [0.1, 0.15) is 5.56 Å². The number of rotatable bonds is 5. The van der Waals surface area contributed by atoms with Crippen molar-refractivity contribution in [3.05, 3.63) is 133 Å². The molecule has 0 heterocycles. The zero-order chi connectivity index (χ0) is 24.5. The van der Waals surface area contributed by atoms with Crippen LogP contribution in [-0.2, 0) is 6.61 Å². The van der Waals surface area contributed by atoms with Gasteiger partial charge in [0.05, 0.1) is 0 Å². The van der Waals surface area contributed by atoms with Crippen LogP contribution in [0.5, 0.6) is 11.5 Å². The topological polar surface area (TPSA) is 29.5 Å². The molecule has 0 fully saturated rings. The number of halogens is 1. The summed E-state index contributed by atoms with van der Waals surface area (Å²) in [6, 6.07) is 38.2. The van der Waals surface area contributed by atoms with Crippen LogP contribution in [0.3, 0.4) is 0 Å². The van der Waals surface area contributed by atoms with E-state index in [1.54, 1.807) is 18.2 Å². The number of benzene rings is 6. The molecule has 0 aliphatic carbocycles. The lowest BCUT2D eigenvalue weighted by atomic mass is 9.92. The summed E-state index contributed by atoms with van der Waals surface area (Å²) in [7, 11) is 0. The van der Waals surface area contributed by atoms with E-state index in [2.05, 4.69) is 6.07 Å². The molecule has 36 heavy (non-hydrogen) atoms. The molecule has 0 saturated carbocycles. The number of ether oxygens (including phenoxy) is 1. The lowest BCUT2D eigenvalue weighted by molar-refractivity contribution is 0.308. The molecule has 1 N–H and O–H groups in total. The Hall–Kier alpha value is -4.63. The van der Waals surface area contributed by atoms with Gasteiger partial charge in [0, 0.05) is 16.7 Å². The lowest BCUT2D eigenvalue weighted by Gasteiger charge is -2.18. The van der Waals surface area contributed by atoms with E-state index in [0.717, 1.165) is 43.8 Å². The average Bonchev–Trinajstić information content (AvgIpc) is 2.92. The quantitative estimate of drug-likeness (QED) is 0.273. The van der Waals surface area contributed by atoms with Gasteiger partial charge in [0.2, 0.25) is 0 Å². The van der Waals surface area contributed by atoms with Crippen molar-refractivity contribution in [3.63, 3.8) is 0 Å². The summed E-state index contributed by atoms with van der Waals surface area (Å²) in [5, 5.41) is 15.1. The largest absolute Gasteiger partial charge is 0.507 e. The van der Waals surface area contributed by atoms with E-state index in [4.69, 9.17) is 4.74 Å². The van der Waals surface area contributed by atoms with Crippen molar-refractivity contribution in [3.8, 4) is 33.8 Å². The van der Waals surface area contributed by atoms with Gasteiger partial charge < -0.3 is 9.84 Å². The van der Waals surface area contributed by atoms with Gasteiger partial charge in [-0.05, 0) is 50.9 Å². The molecule has 0 aromatic heterocycles. The van der Waals surface area contributed by atoms with Crippen LogP contribution in [0.4, 0.5) is 4.39 Å². The Morgan fingerprint density at radius 3 is 1.89 bits per heavy atom. The maximum Gasteiger partial charge on any atom is 0.131 e. The number of phenolic OH excluding ortho intramolecular Hbond substituents is 1. The molecule has 0 bridgehead atoms. The highest BCUT2D eigenvalue weighted by molar-refractivity contribution is 6.09. The third-order valence-corrected chi connectivity index (χ3v) is 6.61. The van der Waals surface area contributed by atoms with Crippen LogP contribution < -0.4 is 4.74 Å². The Kier molecular flexibility index (Phi) is 5.59. The van der Waals surface area contributed by atoms with Gasteiger partial charge in [0.25, 0.3) is 0 Å². The average molecular weight is 471 g/mol. The van der Waals surface area contributed by atoms with Crippen molar-refractivity contribution in [2.24, 2.45) is 0 Å². The Labute approximate surface area is 208 Å². The summed E-state index contributed by atoms with van der Waals surface area (Å²) in [5.74, 6) is 0.586. The summed E-state index contributed by atoms with van der Waals surface area (Å²) >= 11 is 0. The Morgan fingerprint density at radius 1 is 0.556 bits per heavy atom. The van der Waals surface area contributed by atoms with Crippen molar-refractivity contribution in [2.45, 2.75) is 6.61 Å². The van der Waals surface area contributed by atoms with Crippen LogP contribution in [0, 0.1) is 5.82 Å². The molecule has 2 nitrogen and oxygen atoms in total. The molecule has 6 aromatic carbocycles. The zero-order valence-electron chi connectivity index (χ0n) is 19.5. The molecule has 0 unspecified atom stereocenters. The Morgan fingerprint density at radius 2 is 1.14 bits per heavy atom. The van der Waals surface area contributed by atoms with Crippen molar-refractivity contribution in [1.82, 2.24) is 0 Å². The third-order valence-electron chi connectivity index (χ3n) is 6.61. The van der Waals surface area contributed by atoms with E-state index >= 15 is 0 Å². The highest BCUT2D eigenvalue weighted by Crippen LogP contribution is 2.45. The second-order valence-electron chi connectivity index (χ2n) is 8.77. The fraction of sp³-hybridized carbons (Fsp3) is 0.0303. The summed E-state index contributed by atoms with van der Waals surface area (Å²) in [6.07, 6.45) is 0. The van der Waals surface area contributed by atoms with E-state index in [1.807, 2.05) is 91.0 Å². The Bertz CT molecular complexity index is 1720. The SMILES string of the molecule is Oc1ccc2ccccc2c1-c1c(OCc2ccccc2-c2ccccc2F)ccc2ccccc12. The predicted octanol–water partition coefficient (Wildman–Crippen LogP) is 8.75. The molecule has 0 aliphatic rings. The molecule has 6 rings (SSSR count). The number of hydrogen-bond donors (Lipinski definition) is 1. The maximum atomic E-state index is 14.6. The van der Waals surface area contributed by atoms with Gasteiger partial charge in [-0.1, -0.05) is 103 Å². The molecule has 0 saturated heterocycles. The van der Waals surface area contributed by atoms with E-state index in [9.17, 15) is 9.50 Å². The Balaban J connectivity index is 1.50. The van der Waals surface area contributed by atoms with Crippen LogP contribution in [0.25, 0.3) is 43.8 Å². The molecule has 174 valence electrons. The molecule has 3 heteroatoms. The molecule has 0 radical (unpaired) electrons. The number of aromatic hydroxyl groups is 1. The molecule has 0 spiro atoms. The number of hydrogen-bond acceptors (Lipinski definition) is 2. The molecule has 0 aliphatic heterocycles. The predicted molar refractivity (Wildman–Crippen MR) is 145 cm³/mol. The number of phenols is 1. The zero-order valence-corrected chi connectivity index (χ0v) is 19.5. The molecular formula is C33H23FO2. The molecular weight excluding hydrogens is 447 g/mol. The fourth-order valence-corrected chi connectivity index (χ4v) is 4.90. The first-order valence-corrected chi connectivity index (χ1v) is 11.9. The number of fused-ring (bicyclic) bond motifs is 2. The lowest BCUT2D eigenvalue weighted by Crippen LogP contribution is -2.00. The van der Waals surface area contributed by atoms with Crippen molar-refractivity contribution >= 4 is 21.5 Å².